The van der Waals surface area contributed by atoms with Crippen LogP contribution in [0.3, 0.4) is 0 Å². The minimum Gasteiger partial charge on any atom is -0.271 e. The first-order valence-corrected chi connectivity index (χ1v) is 10.7. The van der Waals surface area contributed by atoms with Gasteiger partial charge < -0.3 is 0 Å². The molecule has 7 nitrogen and oxygen atoms in total. The molecule has 9 heteroatoms. The molecular formula is C19H22ClN5O2S. The zero-order chi connectivity index (χ0) is 19.8. The molecule has 1 amide bonds. The molecule has 0 bridgehead atoms. The number of thiophene rings is 1. The Morgan fingerprint density at radius 3 is 2.71 bits per heavy atom. The number of hydrogen-bond donors (Lipinski definition) is 1. The summed E-state index contributed by atoms with van der Waals surface area (Å²) in [5.74, 6) is 0.110. The largest absolute Gasteiger partial charge is 0.281 e. The standard InChI is InChI=1S/C19H22ClN5O2S/c1-11-14(20)9-24(22-11)10-16(26)23-25-12(2)21-18-17(19(25)27)13-7-5-3-4-6-8-15(13)28-18/h9H,3-8,10H2,1-2H3,(H,23,26). The predicted molar refractivity (Wildman–Crippen MR) is 111 cm³/mol. The molecule has 0 spiro atoms. The molecule has 4 rings (SSSR count). The average molecular weight is 420 g/mol. The average Bonchev–Trinajstić information content (AvgIpc) is 3.10. The van der Waals surface area contributed by atoms with E-state index in [1.165, 1.54) is 27.1 Å². The van der Waals surface area contributed by atoms with E-state index in [1.54, 1.807) is 31.4 Å². The molecule has 0 radical (unpaired) electrons. The summed E-state index contributed by atoms with van der Waals surface area (Å²) in [6, 6.07) is 0. The molecule has 0 aliphatic heterocycles. The maximum absolute atomic E-state index is 13.2. The van der Waals surface area contributed by atoms with E-state index in [4.69, 9.17) is 11.6 Å². The predicted octanol–water partition coefficient (Wildman–Crippen LogP) is 3.35. The van der Waals surface area contributed by atoms with Gasteiger partial charge in [0.2, 0.25) is 0 Å². The summed E-state index contributed by atoms with van der Waals surface area (Å²) in [6.07, 6.45) is 8.14. The van der Waals surface area contributed by atoms with Crippen molar-refractivity contribution in [1.82, 2.24) is 19.4 Å². The van der Waals surface area contributed by atoms with E-state index in [0.29, 0.717) is 21.9 Å². The van der Waals surface area contributed by atoms with Gasteiger partial charge in [-0.25, -0.2) is 9.66 Å². The Labute approximate surface area is 171 Å². The Balaban J connectivity index is 1.67. The summed E-state index contributed by atoms with van der Waals surface area (Å²) >= 11 is 7.61. The zero-order valence-corrected chi connectivity index (χ0v) is 17.5. The number of nitrogens with one attached hydrogen (secondary N) is 1. The quantitative estimate of drug-likeness (QED) is 0.705. The summed E-state index contributed by atoms with van der Waals surface area (Å²) in [5.41, 5.74) is 4.25. The van der Waals surface area contributed by atoms with E-state index in [2.05, 4.69) is 15.5 Å². The number of aromatic nitrogens is 4. The first-order chi connectivity index (χ1) is 13.4. The minimum atomic E-state index is -0.358. The van der Waals surface area contributed by atoms with Crippen LogP contribution in [0.15, 0.2) is 11.0 Å². The van der Waals surface area contributed by atoms with Crippen LogP contribution in [-0.2, 0) is 24.2 Å². The van der Waals surface area contributed by atoms with Crippen LogP contribution in [0.25, 0.3) is 10.2 Å². The normalized spacial score (nSPS) is 14.5. The highest BCUT2D eigenvalue weighted by molar-refractivity contribution is 7.18. The number of fused-ring (bicyclic) bond motifs is 3. The fourth-order valence-electron chi connectivity index (χ4n) is 3.67. The van der Waals surface area contributed by atoms with Gasteiger partial charge in [-0.1, -0.05) is 24.4 Å². The number of nitrogens with zero attached hydrogens (tertiary/aromatic N) is 4. The number of carbonyl (C=O) groups excluding carboxylic acids is 1. The Hall–Kier alpha value is -2.19. The lowest BCUT2D eigenvalue weighted by atomic mass is 9.98. The summed E-state index contributed by atoms with van der Waals surface area (Å²) in [5, 5.41) is 5.34. The molecular weight excluding hydrogens is 398 g/mol. The summed E-state index contributed by atoms with van der Waals surface area (Å²) < 4.78 is 2.72. The lowest BCUT2D eigenvalue weighted by molar-refractivity contribution is -0.117. The molecule has 0 unspecified atom stereocenters. The number of halogens is 1. The SMILES string of the molecule is Cc1nn(CC(=O)Nn2c(C)nc3sc4c(c3c2=O)CCCCCC4)cc1Cl. The molecule has 28 heavy (non-hydrogen) atoms. The number of aryl methyl sites for hydroxylation is 4. The van der Waals surface area contributed by atoms with E-state index >= 15 is 0 Å². The third kappa shape index (κ3) is 3.58. The Kier molecular flexibility index (Phi) is 5.25. The molecule has 3 aromatic heterocycles. The topological polar surface area (TPSA) is 81.8 Å². The molecule has 3 aromatic rings. The number of amides is 1. The molecule has 0 saturated carbocycles. The van der Waals surface area contributed by atoms with Crippen LogP contribution in [0.1, 0.15) is 47.6 Å². The van der Waals surface area contributed by atoms with Gasteiger partial charge in [0.1, 0.15) is 17.2 Å². The number of rotatable bonds is 3. The Bertz CT molecular complexity index is 1090. The molecule has 3 heterocycles. The molecule has 0 atom stereocenters. The summed E-state index contributed by atoms with van der Waals surface area (Å²) in [7, 11) is 0. The van der Waals surface area contributed by atoms with Crippen molar-refractivity contribution in [2.75, 3.05) is 5.43 Å². The van der Waals surface area contributed by atoms with Crippen LogP contribution in [0.4, 0.5) is 0 Å². The molecule has 148 valence electrons. The maximum atomic E-state index is 13.2. The molecule has 1 aliphatic carbocycles. The zero-order valence-electron chi connectivity index (χ0n) is 15.9. The second kappa shape index (κ2) is 7.67. The monoisotopic (exact) mass is 419 g/mol. The van der Waals surface area contributed by atoms with Gasteiger partial charge in [0.25, 0.3) is 11.5 Å². The van der Waals surface area contributed by atoms with Gasteiger partial charge in [-0.2, -0.15) is 5.10 Å². The maximum Gasteiger partial charge on any atom is 0.281 e. The van der Waals surface area contributed by atoms with Crippen molar-refractivity contribution in [2.24, 2.45) is 0 Å². The highest BCUT2D eigenvalue weighted by Gasteiger charge is 2.20. The molecule has 1 aliphatic rings. The van der Waals surface area contributed by atoms with Gasteiger partial charge in [-0.05, 0) is 45.1 Å². The highest BCUT2D eigenvalue weighted by atomic mass is 35.5. The molecule has 0 saturated heterocycles. The number of hydrogen-bond acceptors (Lipinski definition) is 5. The van der Waals surface area contributed by atoms with Crippen LogP contribution in [0.5, 0.6) is 0 Å². The van der Waals surface area contributed by atoms with Crippen molar-refractivity contribution < 1.29 is 4.79 Å². The Morgan fingerprint density at radius 2 is 2.00 bits per heavy atom. The first kappa shape index (κ1) is 19.1. The van der Waals surface area contributed by atoms with Crippen molar-refractivity contribution in [3.8, 4) is 0 Å². The third-order valence-electron chi connectivity index (χ3n) is 5.09. The lowest BCUT2D eigenvalue weighted by Gasteiger charge is -2.12. The smallest absolute Gasteiger partial charge is 0.271 e. The van der Waals surface area contributed by atoms with Crippen LogP contribution in [0.2, 0.25) is 5.02 Å². The van der Waals surface area contributed by atoms with Crippen LogP contribution in [0, 0.1) is 13.8 Å². The van der Waals surface area contributed by atoms with Gasteiger partial charge in [0.05, 0.1) is 16.1 Å². The van der Waals surface area contributed by atoms with Gasteiger partial charge in [-0.15, -0.1) is 11.3 Å². The van der Waals surface area contributed by atoms with Crippen LogP contribution in [-0.4, -0.2) is 25.3 Å². The third-order valence-corrected chi connectivity index (χ3v) is 6.64. The van der Waals surface area contributed by atoms with Crippen molar-refractivity contribution in [3.63, 3.8) is 0 Å². The van der Waals surface area contributed by atoms with E-state index < -0.39 is 0 Å². The van der Waals surface area contributed by atoms with Crippen molar-refractivity contribution in [1.29, 1.82) is 0 Å². The van der Waals surface area contributed by atoms with E-state index in [9.17, 15) is 9.59 Å². The summed E-state index contributed by atoms with van der Waals surface area (Å²) in [4.78, 5) is 32.3. The van der Waals surface area contributed by atoms with Gasteiger partial charge in [-0.3, -0.25) is 19.7 Å². The van der Waals surface area contributed by atoms with Crippen LogP contribution < -0.4 is 11.0 Å². The van der Waals surface area contributed by atoms with Gasteiger partial charge >= 0.3 is 0 Å². The summed E-state index contributed by atoms with van der Waals surface area (Å²) in [6.45, 7) is 3.47. The number of carbonyl (C=O) groups is 1. The van der Waals surface area contributed by atoms with Gasteiger partial charge in [0.15, 0.2) is 0 Å². The van der Waals surface area contributed by atoms with E-state index in [0.717, 1.165) is 36.1 Å². The van der Waals surface area contributed by atoms with E-state index in [-0.39, 0.29) is 18.0 Å². The lowest BCUT2D eigenvalue weighted by Crippen LogP contribution is -2.37. The van der Waals surface area contributed by atoms with Crippen LogP contribution >= 0.6 is 22.9 Å². The fraction of sp³-hybridized carbons (Fsp3) is 0.474. The molecule has 0 fully saturated rings. The molecule has 1 N–H and O–H groups in total. The Morgan fingerprint density at radius 1 is 1.25 bits per heavy atom. The highest BCUT2D eigenvalue weighted by Crippen LogP contribution is 2.32. The molecule has 0 aromatic carbocycles. The first-order valence-electron chi connectivity index (χ1n) is 9.47. The second-order valence-corrected chi connectivity index (χ2v) is 8.68. The van der Waals surface area contributed by atoms with Gasteiger partial charge in [0, 0.05) is 11.1 Å². The van der Waals surface area contributed by atoms with Crippen molar-refractivity contribution in [2.45, 2.75) is 58.9 Å². The van der Waals surface area contributed by atoms with Crippen molar-refractivity contribution >= 4 is 39.1 Å². The fourth-order valence-corrected chi connectivity index (χ4v) is 5.12. The van der Waals surface area contributed by atoms with E-state index in [1.807, 2.05) is 0 Å². The second-order valence-electron chi connectivity index (χ2n) is 7.19. The minimum absolute atomic E-state index is 0.0286. The van der Waals surface area contributed by atoms with Crippen molar-refractivity contribution in [3.05, 3.63) is 43.5 Å².